The first-order valence-electron chi connectivity index (χ1n) is 11.5. The second kappa shape index (κ2) is 8.73. The normalized spacial score (nSPS) is 11.7. The Morgan fingerprint density at radius 1 is 1.06 bits per heavy atom. The summed E-state index contributed by atoms with van der Waals surface area (Å²) in [6, 6.07) is 16.1. The molecule has 0 saturated heterocycles. The van der Waals surface area contributed by atoms with Gasteiger partial charge in [0.25, 0.3) is 5.91 Å². The van der Waals surface area contributed by atoms with Crippen molar-refractivity contribution in [3.05, 3.63) is 95.8 Å². The third-order valence-corrected chi connectivity index (χ3v) is 6.18. The van der Waals surface area contributed by atoms with Gasteiger partial charge in [-0.1, -0.05) is 30.3 Å². The molecule has 0 radical (unpaired) electrons. The monoisotopic (exact) mass is 483 g/mol. The molecule has 0 fully saturated rings. The third kappa shape index (κ3) is 4.16. The number of amides is 1. The molecule has 182 valence electrons. The summed E-state index contributed by atoms with van der Waals surface area (Å²) in [5, 5.41) is 17.9. The Hall–Kier alpha value is -4.30. The van der Waals surface area contributed by atoms with Gasteiger partial charge in [0.05, 0.1) is 28.8 Å². The number of carbonyl (C=O) groups excluding carboxylic acids is 1. The maximum atomic E-state index is 15.1. The van der Waals surface area contributed by atoms with Gasteiger partial charge in [-0.05, 0) is 56.2 Å². The molecule has 0 aliphatic carbocycles. The standard InChI is InChI=1S/C28H26FN5O2/c1-17-14-22(29)21(15-20(17)23-11-12-33(4)32-23)27(35)31-25-19(18-8-6-5-7-9-18)10-13-34-24(28(2,3)36)16-30-26(25)34/h5-16,36H,1-4H3,(H,31,35). The van der Waals surface area contributed by atoms with Gasteiger partial charge < -0.3 is 10.4 Å². The Bertz CT molecular complexity index is 1600. The van der Waals surface area contributed by atoms with E-state index in [1.165, 1.54) is 12.1 Å². The Morgan fingerprint density at radius 2 is 1.81 bits per heavy atom. The average molecular weight is 484 g/mol. The number of aliphatic hydroxyl groups is 1. The lowest BCUT2D eigenvalue weighted by atomic mass is 10.0. The van der Waals surface area contributed by atoms with Crippen LogP contribution < -0.4 is 5.32 Å². The zero-order valence-corrected chi connectivity index (χ0v) is 20.5. The van der Waals surface area contributed by atoms with E-state index in [2.05, 4.69) is 15.4 Å². The first-order chi connectivity index (χ1) is 17.1. The number of halogens is 1. The largest absolute Gasteiger partial charge is 0.384 e. The summed E-state index contributed by atoms with van der Waals surface area (Å²) >= 11 is 0. The van der Waals surface area contributed by atoms with Gasteiger partial charge in [0.2, 0.25) is 0 Å². The van der Waals surface area contributed by atoms with Gasteiger partial charge >= 0.3 is 0 Å². The van der Waals surface area contributed by atoms with Crippen LogP contribution in [0.15, 0.2) is 73.2 Å². The van der Waals surface area contributed by atoms with Crippen molar-refractivity contribution in [2.24, 2.45) is 7.05 Å². The summed E-state index contributed by atoms with van der Waals surface area (Å²) < 4.78 is 18.4. The van der Waals surface area contributed by atoms with Gasteiger partial charge in [-0.25, -0.2) is 9.37 Å². The van der Waals surface area contributed by atoms with Crippen LogP contribution in [0.1, 0.15) is 35.5 Å². The minimum Gasteiger partial charge on any atom is -0.384 e. The van der Waals surface area contributed by atoms with E-state index in [4.69, 9.17) is 0 Å². The maximum absolute atomic E-state index is 15.1. The molecule has 3 aromatic heterocycles. The van der Waals surface area contributed by atoms with Crippen molar-refractivity contribution < 1.29 is 14.3 Å². The summed E-state index contributed by atoms with van der Waals surface area (Å²) in [6.07, 6.45) is 5.17. The number of carbonyl (C=O) groups is 1. The van der Waals surface area contributed by atoms with Crippen LogP contribution in [0.5, 0.6) is 0 Å². The SMILES string of the molecule is Cc1cc(F)c(C(=O)Nc2c(-c3ccccc3)ccn3c(C(C)(C)O)cnc23)cc1-c1ccn(C)n1. The molecule has 0 aliphatic heterocycles. The van der Waals surface area contributed by atoms with E-state index in [-0.39, 0.29) is 5.56 Å². The highest BCUT2D eigenvalue weighted by Gasteiger charge is 2.25. The number of nitrogens with zero attached hydrogens (tertiary/aromatic N) is 4. The number of aryl methyl sites for hydroxylation is 2. The Balaban J connectivity index is 1.64. The van der Waals surface area contributed by atoms with E-state index < -0.39 is 17.3 Å². The van der Waals surface area contributed by atoms with Crippen molar-refractivity contribution in [2.45, 2.75) is 26.4 Å². The van der Waals surface area contributed by atoms with Crippen molar-refractivity contribution in [1.82, 2.24) is 19.2 Å². The molecule has 0 aliphatic rings. The molecule has 5 aromatic rings. The molecule has 1 amide bonds. The number of anilines is 1. The van der Waals surface area contributed by atoms with Gasteiger partial charge in [0, 0.05) is 30.6 Å². The Kier molecular flexibility index (Phi) is 5.68. The van der Waals surface area contributed by atoms with E-state index in [0.29, 0.717) is 33.8 Å². The molecule has 3 heterocycles. The Morgan fingerprint density at radius 3 is 2.47 bits per heavy atom. The molecule has 0 atom stereocenters. The van der Waals surface area contributed by atoms with Crippen LogP contribution in [-0.4, -0.2) is 30.2 Å². The lowest BCUT2D eigenvalue weighted by Gasteiger charge is -2.18. The van der Waals surface area contributed by atoms with Crippen LogP contribution >= 0.6 is 0 Å². The second-order valence-electron chi connectivity index (χ2n) is 9.34. The van der Waals surface area contributed by atoms with Crippen LogP contribution in [0.25, 0.3) is 28.0 Å². The van der Waals surface area contributed by atoms with Crippen molar-refractivity contribution in [2.75, 3.05) is 5.32 Å². The maximum Gasteiger partial charge on any atom is 0.258 e. The average Bonchev–Trinajstić information content (AvgIpc) is 3.46. The number of hydrogen-bond donors (Lipinski definition) is 2. The highest BCUT2D eigenvalue weighted by Crippen LogP contribution is 2.34. The highest BCUT2D eigenvalue weighted by molar-refractivity contribution is 6.09. The van der Waals surface area contributed by atoms with Gasteiger partial charge in [0.1, 0.15) is 11.4 Å². The second-order valence-corrected chi connectivity index (χ2v) is 9.34. The lowest BCUT2D eigenvalue weighted by Crippen LogP contribution is -2.19. The number of nitrogens with one attached hydrogen (secondary N) is 1. The zero-order valence-electron chi connectivity index (χ0n) is 20.5. The van der Waals surface area contributed by atoms with Gasteiger partial charge in [0.15, 0.2) is 5.65 Å². The molecule has 8 heteroatoms. The van der Waals surface area contributed by atoms with Crippen LogP contribution in [0, 0.1) is 12.7 Å². The Labute approximate surface area is 207 Å². The summed E-state index contributed by atoms with van der Waals surface area (Å²) in [6.45, 7) is 5.12. The number of benzene rings is 2. The molecule has 0 unspecified atom stereocenters. The predicted molar refractivity (Wildman–Crippen MR) is 137 cm³/mol. The lowest BCUT2D eigenvalue weighted by molar-refractivity contribution is 0.0729. The molecule has 5 rings (SSSR count). The summed E-state index contributed by atoms with van der Waals surface area (Å²) in [7, 11) is 1.80. The van der Waals surface area contributed by atoms with Crippen molar-refractivity contribution in [3.63, 3.8) is 0 Å². The summed E-state index contributed by atoms with van der Waals surface area (Å²) in [4.78, 5) is 18.0. The van der Waals surface area contributed by atoms with Crippen molar-refractivity contribution >= 4 is 17.2 Å². The number of aromatic nitrogens is 4. The number of imidazole rings is 1. The van der Waals surface area contributed by atoms with E-state index in [9.17, 15) is 9.90 Å². The molecule has 2 aromatic carbocycles. The number of hydrogen-bond acceptors (Lipinski definition) is 4. The quantitative estimate of drug-likeness (QED) is 0.354. The fraction of sp³-hybridized carbons (Fsp3) is 0.179. The van der Waals surface area contributed by atoms with Gasteiger partial charge in [-0.2, -0.15) is 5.10 Å². The highest BCUT2D eigenvalue weighted by atomic mass is 19.1. The molecule has 7 nitrogen and oxygen atoms in total. The zero-order chi connectivity index (χ0) is 25.6. The van der Waals surface area contributed by atoms with Gasteiger partial charge in [-0.15, -0.1) is 0 Å². The van der Waals surface area contributed by atoms with E-state index >= 15 is 4.39 Å². The summed E-state index contributed by atoms with van der Waals surface area (Å²) in [5.41, 5.74) is 3.76. The van der Waals surface area contributed by atoms with Crippen LogP contribution in [-0.2, 0) is 12.6 Å². The van der Waals surface area contributed by atoms with Crippen LogP contribution in [0.4, 0.5) is 10.1 Å². The molecule has 0 saturated carbocycles. The fourth-order valence-electron chi connectivity index (χ4n) is 4.35. The van der Waals surface area contributed by atoms with Crippen molar-refractivity contribution in [1.29, 1.82) is 0 Å². The number of rotatable bonds is 5. The minimum absolute atomic E-state index is 0.100. The topological polar surface area (TPSA) is 84.5 Å². The smallest absolute Gasteiger partial charge is 0.258 e. The van der Waals surface area contributed by atoms with Crippen molar-refractivity contribution in [3.8, 4) is 22.4 Å². The van der Waals surface area contributed by atoms with Crippen LogP contribution in [0.3, 0.4) is 0 Å². The fourth-order valence-corrected chi connectivity index (χ4v) is 4.35. The van der Waals surface area contributed by atoms with Gasteiger partial charge in [-0.3, -0.25) is 13.9 Å². The number of fused-ring (bicyclic) bond motifs is 1. The van der Waals surface area contributed by atoms with E-state index in [0.717, 1.165) is 11.1 Å². The minimum atomic E-state index is -1.16. The number of pyridine rings is 1. The molecular weight excluding hydrogens is 457 g/mol. The molecule has 2 N–H and O–H groups in total. The van der Waals surface area contributed by atoms with Crippen LogP contribution in [0.2, 0.25) is 0 Å². The third-order valence-electron chi connectivity index (χ3n) is 6.18. The predicted octanol–water partition coefficient (Wildman–Crippen LogP) is 5.33. The molecule has 0 bridgehead atoms. The first-order valence-corrected chi connectivity index (χ1v) is 11.5. The summed E-state index contributed by atoms with van der Waals surface area (Å²) in [5.74, 6) is -1.24. The van der Waals surface area contributed by atoms with E-state index in [1.807, 2.05) is 42.5 Å². The first kappa shape index (κ1) is 23.4. The molecular formula is C28H26FN5O2. The molecule has 0 spiro atoms. The van der Waals surface area contributed by atoms with E-state index in [1.54, 1.807) is 55.5 Å². The molecule has 36 heavy (non-hydrogen) atoms.